The van der Waals surface area contributed by atoms with Crippen molar-refractivity contribution in [3.8, 4) is 11.5 Å². The van der Waals surface area contributed by atoms with Crippen LogP contribution >= 0.6 is 11.6 Å². The maximum absolute atomic E-state index is 13.2. The van der Waals surface area contributed by atoms with Gasteiger partial charge in [0.1, 0.15) is 35.3 Å². The number of anilines is 1. The number of carbonyl (C=O) groups excluding carboxylic acids is 3. The third-order valence-electron chi connectivity index (χ3n) is 6.48. The Balaban J connectivity index is 1.50. The average Bonchev–Trinajstić information content (AvgIpc) is 3.27. The van der Waals surface area contributed by atoms with Crippen LogP contribution in [0.2, 0.25) is 5.02 Å². The second kappa shape index (κ2) is 13.2. The number of ether oxygens (including phenoxy) is 3. The van der Waals surface area contributed by atoms with Crippen molar-refractivity contribution in [2.24, 2.45) is 5.92 Å². The predicted octanol–water partition coefficient (Wildman–Crippen LogP) is 6.86. The standard InChI is InChI=1S/C32H36ClN3O6/c1-20(2)27(35-30(38)42-32(3,4)5)29(37)34-19-26-28(21-9-7-6-8-10-21)36(31(39)41-26)23-13-17-25(18-14-23)40-24-15-11-22(33)12-16-24/h6-18,20,26-28H,19H2,1-5H3,(H,34,37)(H,35,38)/t26-,27+,28-/m0/s1. The van der Waals surface area contributed by atoms with E-state index >= 15 is 0 Å². The fourth-order valence-corrected chi connectivity index (χ4v) is 4.68. The molecule has 1 heterocycles. The number of amides is 3. The molecule has 42 heavy (non-hydrogen) atoms. The summed E-state index contributed by atoms with van der Waals surface area (Å²) < 4.78 is 17.0. The minimum absolute atomic E-state index is 0.0393. The van der Waals surface area contributed by atoms with Crippen molar-refractivity contribution in [3.63, 3.8) is 0 Å². The van der Waals surface area contributed by atoms with E-state index in [1.165, 1.54) is 0 Å². The lowest BCUT2D eigenvalue weighted by Gasteiger charge is -2.27. The fraction of sp³-hybridized carbons (Fsp3) is 0.344. The first kappa shape index (κ1) is 30.7. The molecule has 3 atom stereocenters. The fourth-order valence-electron chi connectivity index (χ4n) is 4.56. The summed E-state index contributed by atoms with van der Waals surface area (Å²) in [5, 5.41) is 6.13. The summed E-state index contributed by atoms with van der Waals surface area (Å²) in [5.74, 6) is 0.608. The van der Waals surface area contributed by atoms with Gasteiger partial charge < -0.3 is 24.8 Å². The van der Waals surface area contributed by atoms with Crippen molar-refractivity contribution in [1.82, 2.24) is 10.6 Å². The number of halogens is 1. The van der Waals surface area contributed by atoms with Crippen LogP contribution in [0, 0.1) is 5.92 Å². The maximum Gasteiger partial charge on any atom is 0.415 e. The molecule has 0 bridgehead atoms. The van der Waals surface area contributed by atoms with Gasteiger partial charge in [-0.2, -0.15) is 0 Å². The van der Waals surface area contributed by atoms with E-state index in [0.29, 0.717) is 22.2 Å². The molecule has 0 radical (unpaired) electrons. The van der Waals surface area contributed by atoms with Gasteiger partial charge in [0, 0.05) is 10.7 Å². The van der Waals surface area contributed by atoms with Crippen molar-refractivity contribution in [2.75, 3.05) is 11.4 Å². The highest BCUT2D eigenvalue weighted by Crippen LogP contribution is 2.38. The van der Waals surface area contributed by atoms with Crippen LogP contribution in [0.25, 0.3) is 0 Å². The van der Waals surface area contributed by atoms with E-state index in [2.05, 4.69) is 10.6 Å². The highest BCUT2D eigenvalue weighted by atomic mass is 35.5. The van der Waals surface area contributed by atoms with Crippen molar-refractivity contribution in [3.05, 3.63) is 89.4 Å². The average molecular weight is 594 g/mol. The van der Waals surface area contributed by atoms with E-state index in [9.17, 15) is 14.4 Å². The van der Waals surface area contributed by atoms with E-state index in [-0.39, 0.29) is 12.5 Å². The number of rotatable bonds is 9. The Kier molecular flexibility index (Phi) is 9.63. The number of nitrogens with zero attached hydrogens (tertiary/aromatic N) is 1. The summed E-state index contributed by atoms with van der Waals surface area (Å²) in [6, 6.07) is 22.2. The van der Waals surface area contributed by atoms with Gasteiger partial charge in [0.05, 0.1) is 6.54 Å². The first-order valence-corrected chi connectivity index (χ1v) is 14.1. The van der Waals surface area contributed by atoms with E-state index < -0.39 is 41.9 Å². The summed E-state index contributed by atoms with van der Waals surface area (Å²) >= 11 is 5.96. The van der Waals surface area contributed by atoms with Crippen molar-refractivity contribution in [1.29, 1.82) is 0 Å². The van der Waals surface area contributed by atoms with Crippen molar-refractivity contribution < 1.29 is 28.6 Å². The third-order valence-corrected chi connectivity index (χ3v) is 6.74. The van der Waals surface area contributed by atoms with Gasteiger partial charge in [-0.15, -0.1) is 0 Å². The number of carbonyl (C=O) groups is 3. The Bertz CT molecular complexity index is 1370. The minimum Gasteiger partial charge on any atom is -0.457 e. The van der Waals surface area contributed by atoms with Gasteiger partial charge in [-0.25, -0.2) is 9.59 Å². The van der Waals surface area contributed by atoms with Crippen LogP contribution in [0.4, 0.5) is 15.3 Å². The second-order valence-electron chi connectivity index (χ2n) is 11.3. The molecule has 0 saturated carbocycles. The van der Waals surface area contributed by atoms with Crippen LogP contribution in [-0.4, -0.2) is 42.4 Å². The van der Waals surface area contributed by atoms with E-state index in [1.54, 1.807) is 74.2 Å². The highest BCUT2D eigenvalue weighted by molar-refractivity contribution is 6.30. The summed E-state index contributed by atoms with van der Waals surface area (Å²) in [6.07, 6.45) is -1.91. The van der Waals surface area contributed by atoms with Gasteiger partial charge in [0.15, 0.2) is 0 Å². The molecule has 3 amide bonds. The molecule has 1 aliphatic heterocycles. The molecule has 0 unspecified atom stereocenters. The Hall–Kier alpha value is -4.24. The predicted molar refractivity (Wildman–Crippen MR) is 161 cm³/mol. The number of alkyl carbamates (subject to hydrolysis) is 1. The first-order chi connectivity index (χ1) is 19.9. The quantitative estimate of drug-likeness (QED) is 0.281. The molecular weight excluding hydrogens is 558 g/mol. The largest absolute Gasteiger partial charge is 0.457 e. The zero-order chi connectivity index (χ0) is 30.4. The van der Waals surface area contributed by atoms with E-state index in [1.807, 2.05) is 44.2 Å². The van der Waals surface area contributed by atoms with Gasteiger partial charge in [-0.3, -0.25) is 9.69 Å². The normalized spacial score (nSPS) is 17.4. The van der Waals surface area contributed by atoms with E-state index in [4.69, 9.17) is 25.8 Å². The molecule has 10 heteroatoms. The number of nitrogens with one attached hydrogen (secondary N) is 2. The molecule has 0 spiro atoms. The van der Waals surface area contributed by atoms with Crippen LogP contribution in [0.15, 0.2) is 78.9 Å². The van der Waals surface area contributed by atoms with Gasteiger partial charge in [0.2, 0.25) is 5.91 Å². The van der Waals surface area contributed by atoms with Gasteiger partial charge >= 0.3 is 12.2 Å². The Morgan fingerprint density at radius 2 is 1.55 bits per heavy atom. The molecule has 4 rings (SSSR count). The molecule has 1 aliphatic rings. The SMILES string of the molecule is CC(C)[C@@H](NC(=O)OC(C)(C)C)C(=O)NC[C@@H]1OC(=O)N(c2ccc(Oc3ccc(Cl)cc3)cc2)[C@H]1c1ccccc1. The zero-order valence-electron chi connectivity index (χ0n) is 24.3. The molecule has 0 aliphatic carbocycles. The number of hydrogen-bond donors (Lipinski definition) is 2. The molecule has 3 aromatic rings. The lowest BCUT2D eigenvalue weighted by molar-refractivity contribution is -0.124. The molecule has 2 N–H and O–H groups in total. The molecule has 0 aromatic heterocycles. The smallest absolute Gasteiger partial charge is 0.415 e. The number of benzene rings is 3. The van der Waals surface area contributed by atoms with Crippen LogP contribution in [0.5, 0.6) is 11.5 Å². The number of hydrogen-bond acceptors (Lipinski definition) is 6. The third kappa shape index (κ3) is 7.94. The van der Waals surface area contributed by atoms with Crippen LogP contribution < -0.4 is 20.3 Å². The van der Waals surface area contributed by atoms with Gasteiger partial charge in [0.25, 0.3) is 0 Å². The molecule has 222 valence electrons. The van der Waals surface area contributed by atoms with Crippen LogP contribution in [0.1, 0.15) is 46.2 Å². The summed E-state index contributed by atoms with van der Waals surface area (Å²) in [5.41, 5.74) is 0.751. The monoisotopic (exact) mass is 593 g/mol. The Morgan fingerprint density at radius 1 is 0.952 bits per heavy atom. The molecule has 1 saturated heterocycles. The molecule has 9 nitrogen and oxygen atoms in total. The van der Waals surface area contributed by atoms with Crippen LogP contribution in [0.3, 0.4) is 0 Å². The van der Waals surface area contributed by atoms with Crippen LogP contribution in [-0.2, 0) is 14.3 Å². The molecular formula is C32H36ClN3O6. The van der Waals surface area contributed by atoms with Crippen molar-refractivity contribution in [2.45, 2.75) is 58.4 Å². The number of cyclic esters (lactones) is 1. The zero-order valence-corrected chi connectivity index (χ0v) is 25.1. The van der Waals surface area contributed by atoms with Gasteiger partial charge in [-0.1, -0.05) is 55.8 Å². The summed E-state index contributed by atoms with van der Waals surface area (Å²) in [6.45, 7) is 8.94. The summed E-state index contributed by atoms with van der Waals surface area (Å²) in [7, 11) is 0. The molecule has 3 aromatic carbocycles. The lowest BCUT2D eigenvalue weighted by Crippen LogP contribution is -2.52. The topological polar surface area (TPSA) is 106 Å². The van der Waals surface area contributed by atoms with Gasteiger partial charge in [-0.05, 0) is 80.8 Å². The second-order valence-corrected chi connectivity index (χ2v) is 11.7. The summed E-state index contributed by atoms with van der Waals surface area (Å²) in [4.78, 5) is 40.3. The lowest BCUT2D eigenvalue weighted by atomic mass is 9.99. The highest BCUT2D eigenvalue weighted by Gasteiger charge is 2.44. The van der Waals surface area contributed by atoms with E-state index in [0.717, 1.165) is 5.56 Å². The first-order valence-electron chi connectivity index (χ1n) is 13.8. The molecule has 1 fully saturated rings. The Labute approximate surface area is 251 Å². The minimum atomic E-state index is -0.837. The Morgan fingerprint density at radius 3 is 2.12 bits per heavy atom. The maximum atomic E-state index is 13.2. The van der Waals surface area contributed by atoms with Crippen molar-refractivity contribution >= 4 is 35.4 Å².